The van der Waals surface area contributed by atoms with Crippen molar-refractivity contribution in [3.8, 4) is 5.75 Å². The van der Waals surface area contributed by atoms with Crippen molar-refractivity contribution in [2.45, 2.75) is 25.4 Å². The Labute approximate surface area is 111 Å². The Morgan fingerprint density at radius 2 is 2.11 bits per heavy atom. The Morgan fingerprint density at radius 3 is 2.72 bits per heavy atom. The molecule has 1 aliphatic heterocycles. The molecule has 1 aromatic rings. The largest absolute Gasteiger partial charge is 0.490 e. The molecule has 1 aromatic carbocycles. The second-order valence-electron chi connectivity index (χ2n) is 5.25. The van der Waals surface area contributed by atoms with Crippen LogP contribution in [0, 0.1) is 17.7 Å². The zero-order chi connectivity index (χ0) is 12.5. The van der Waals surface area contributed by atoms with Crippen LogP contribution in [0.2, 0.25) is 5.02 Å². The highest BCUT2D eigenvalue weighted by molar-refractivity contribution is 6.30. The molecule has 3 rings (SSSR count). The molecule has 2 aliphatic rings. The van der Waals surface area contributed by atoms with Crippen molar-refractivity contribution < 1.29 is 9.13 Å². The van der Waals surface area contributed by atoms with E-state index in [9.17, 15) is 4.39 Å². The number of benzene rings is 1. The van der Waals surface area contributed by atoms with Gasteiger partial charge in [0, 0.05) is 18.5 Å². The maximum Gasteiger partial charge on any atom is 0.142 e. The Bertz CT molecular complexity index is 430. The number of halogens is 2. The van der Waals surface area contributed by atoms with Gasteiger partial charge in [0.15, 0.2) is 0 Å². The third kappa shape index (κ3) is 2.62. The van der Waals surface area contributed by atoms with Crippen molar-refractivity contribution in [3.05, 3.63) is 29.0 Å². The van der Waals surface area contributed by atoms with Crippen LogP contribution in [0.4, 0.5) is 4.39 Å². The van der Waals surface area contributed by atoms with E-state index in [-0.39, 0.29) is 11.1 Å². The molecule has 1 saturated carbocycles. The molecule has 2 nitrogen and oxygen atoms in total. The number of nitrogens with one attached hydrogen (secondary N) is 1. The van der Waals surface area contributed by atoms with E-state index in [1.165, 1.54) is 18.9 Å². The van der Waals surface area contributed by atoms with Crippen LogP contribution in [-0.4, -0.2) is 19.2 Å². The molecular formula is C14H17ClFNO. The summed E-state index contributed by atoms with van der Waals surface area (Å²) in [6, 6.07) is 4.61. The molecular weight excluding hydrogens is 253 g/mol. The predicted molar refractivity (Wildman–Crippen MR) is 69.5 cm³/mol. The monoisotopic (exact) mass is 269 g/mol. The lowest BCUT2D eigenvalue weighted by Gasteiger charge is -2.24. The Kier molecular flexibility index (Phi) is 3.44. The van der Waals surface area contributed by atoms with Gasteiger partial charge in [0.2, 0.25) is 0 Å². The van der Waals surface area contributed by atoms with Crippen LogP contribution in [0.1, 0.15) is 19.3 Å². The summed E-state index contributed by atoms with van der Waals surface area (Å²) in [6.07, 6.45) is 3.91. The second kappa shape index (κ2) is 5.06. The van der Waals surface area contributed by atoms with E-state index < -0.39 is 5.82 Å². The Balaban J connectivity index is 1.73. The second-order valence-corrected chi connectivity index (χ2v) is 5.66. The van der Waals surface area contributed by atoms with Crippen LogP contribution in [0.25, 0.3) is 0 Å². The summed E-state index contributed by atoms with van der Waals surface area (Å²) in [7, 11) is 0. The topological polar surface area (TPSA) is 21.3 Å². The van der Waals surface area contributed by atoms with E-state index in [2.05, 4.69) is 5.32 Å². The average Bonchev–Trinajstić information content (AvgIpc) is 3.05. The standard InChI is InChI=1S/C14H17ClFNO/c15-12-7-11(3-4-13(12)16)18-14(9-1-2-9)10-5-6-17-8-10/h3-4,7,9-10,14,17H,1-2,5-6,8H2. The fraction of sp³-hybridized carbons (Fsp3) is 0.571. The average molecular weight is 270 g/mol. The third-order valence-corrected chi connectivity index (χ3v) is 4.10. The summed E-state index contributed by atoms with van der Waals surface area (Å²) in [4.78, 5) is 0. The van der Waals surface area contributed by atoms with E-state index >= 15 is 0 Å². The Morgan fingerprint density at radius 1 is 1.28 bits per heavy atom. The molecule has 0 aromatic heterocycles. The summed E-state index contributed by atoms with van der Waals surface area (Å²) >= 11 is 5.78. The molecule has 2 unspecified atom stereocenters. The quantitative estimate of drug-likeness (QED) is 0.906. The molecule has 1 saturated heterocycles. The SMILES string of the molecule is Fc1ccc(OC(C2CC2)C2CCNC2)cc1Cl. The van der Waals surface area contributed by atoms with Crippen molar-refractivity contribution >= 4 is 11.6 Å². The molecule has 2 fully saturated rings. The van der Waals surface area contributed by atoms with Gasteiger partial charge in [-0.25, -0.2) is 4.39 Å². The van der Waals surface area contributed by atoms with Crippen LogP contribution in [0.15, 0.2) is 18.2 Å². The molecule has 1 aliphatic carbocycles. The first-order valence-corrected chi connectivity index (χ1v) is 6.94. The highest BCUT2D eigenvalue weighted by Crippen LogP contribution is 2.40. The first-order chi connectivity index (χ1) is 8.74. The van der Waals surface area contributed by atoms with Crippen LogP contribution in [-0.2, 0) is 0 Å². The van der Waals surface area contributed by atoms with Gasteiger partial charge >= 0.3 is 0 Å². The summed E-state index contributed by atoms with van der Waals surface area (Å²) in [5, 5.41) is 3.51. The number of hydrogen-bond donors (Lipinski definition) is 1. The van der Waals surface area contributed by atoms with E-state index in [4.69, 9.17) is 16.3 Å². The van der Waals surface area contributed by atoms with Gasteiger partial charge in [0.25, 0.3) is 0 Å². The third-order valence-electron chi connectivity index (χ3n) is 3.81. The lowest BCUT2D eigenvalue weighted by atomic mass is 9.97. The maximum atomic E-state index is 13.1. The van der Waals surface area contributed by atoms with Crippen molar-refractivity contribution in [2.24, 2.45) is 11.8 Å². The molecule has 0 radical (unpaired) electrons. The van der Waals surface area contributed by atoms with Gasteiger partial charge in [0.1, 0.15) is 17.7 Å². The van der Waals surface area contributed by atoms with Crippen LogP contribution >= 0.6 is 11.6 Å². The fourth-order valence-corrected chi connectivity index (χ4v) is 2.84. The fourth-order valence-electron chi connectivity index (χ4n) is 2.67. The number of rotatable bonds is 4. The summed E-state index contributed by atoms with van der Waals surface area (Å²) in [5.74, 6) is 1.53. The Hall–Kier alpha value is -0.800. The lowest BCUT2D eigenvalue weighted by molar-refractivity contribution is 0.121. The van der Waals surface area contributed by atoms with Crippen molar-refractivity contribution in [3.63, 3.8) is 0 Å². The van der Waals surface area contributed by atoms with Crippen molar-refractivity contribution in [1.82, 2.24) is 5.32 Å². The smallest absolute Gasteiger partial charge is 0.142 e. The first kappa shape index (κ1) is 12.2. The van der Waals surface area contributed by atoms with Gasteiger partial charge in [0.05, 0.1) is 5.02 Å². The van der Waals surface area contributed by atoms with Crippen LogP contribution in [0.5, 0.6) is 5.75 Å². The minimum atomic E-state index is -0.394. The number of ether oxygens (including phenoxy) is 1. The highest BCUT2D eigenvalue weighted by atomic mass is 35.5. The molecule has 18 heavy (non-hydrogen) atoms. The van der Waals surface area contributed by atoms with Gasteiger partial charge < -0.3 is 10.1 Å². The molecule has 1 heterocycles. The highest BCUT2D eigenvalue weighted by Gasteiger charge is 2.39. The van der Waals surface area contributed by atoms with Crippen molar-refractivity contribution in [1.29, 1.82) is 0 Å². The molecule has 0 spiro atoms. The van der Waals surface area contributed by atoms with Gasteiger partial charge in [-0.05, 0) is 43.9 Å². The zero-order valence-electron chi connectivity index (χ0n) is 10.2. The lowest BCUT2D eigenvalue weighted by Crippen LogP contribution is -2.30. The van der Waals surface area contributed by atoms with E-state index in [1.54, 1.807) is 12.1 Å². The summed E-state index contributed by atoms with van der Waals surface area (Å²) < 4.78 is 19.2. The molecule has 0 amide bonds. The summed E-state index contributed by atoms with van der Waals surface area (Å²) in [5.41, 5.74) is 0. The molecule has 4 heteroatoms. The van der Waals surface area contributed by atoms with Crippen LogP contribution in [0.3, 0.4) is 0 Å². The van der Waals surface area contributed by atoms with E-state index in [0.29, 0.717) is 17.6 Å². The predicted octanol–water partition coefficient (Wildman–Crippen LogP) is 3.25. The molecule has 0 bridgehead atoms. The number of hydrogen-bond acceptors (Lipinski definition) is 2. The van der Waals surface area contributed by atoms with E-state index in [0.717, 1.165) is 19.5 Å². The molecule has 1 N–H and O–H groups in total. The molecule has 98 valence electrons. The van der Waals surface area contributed by atoms with Gasteiger partial charge in [-0.15, -0.1) is 0 Å². The maximum absolute atomic E-state index is 13.1. The first-order valence-electron chi connectivity index (χ1n) is 6.56. The van der Waals surface area contributed by atoms with Gasteiger partial charge in [-0.2, -0.15) is 0 Å². The van der Waals surface area contributed by atoms with Crippen molar-refractivity contribution in [2.75, 3.05) is 13.1 Å². The van der Waals surface area contributed by atoms with Gasteiger partial charge in [-0.1, -0.05) is 11.6 Å². The van der Waals surface area contributed by atoms with Crippen LogP contribution < -0.4 is 10.1 Å². The molecule has 2 atom stereocenters. The minimum absolute atomic E-state index is 0.131. The minimum Gasteiger partial charge on any atom is -0.490 e. The van der Waals surface area contributed by atoms with E-state index in [1.807, 2.05) is 0 Å². The zero-order valence-corrected chi connectivity index (χ0v) is 10.9. The normalized spacial score (nSPS) is 25.1. The van der Waals surface area contributed by atoms with Gasteiger partial charge in [-0.3, -0.25) is 0 Å². The summed E-state index contributed by atoms with van der Waals surface area (Å²) in [6.45, 7) is 2.09.